The van der Waals surface area contributed by atoms with Gasteiger partial charge in [-0.1, -0.05) is 40.9 Å². The first-order valence-electron chi connectivity index (χ1n) is 5.85. The zero-order valence-electron chi connectivity index (χ0n) is 10.7. The van der Waals surface area contributed by atoms with Crippen LogP contribution in [0.15, 0.2) is 24.3 Å². The minimum atomic E-state index is -0.188. The van der Waals surface area contributed by atoms with Crippen molar-refractivity contribution in [2.45, 2.75) is 19.4 Å². The highest BCUT2D eigenvalue weighted by Gasteiger charge is 2.16. The lowest BCUT2D eigenvalue weighted by Crippen LogP contribution is -2.13. The van der Waals surface area contributed by atoms with Crippen LogP contribution in [-0.4, -0.2) is 7.11 Å². The molecule has 0 amide bonds. The van der Waals surface area contributed by atoms with E-state index in [4.69, 9.17) is 33.7 Å². The quantitative estimate of drug-likeness (QED) is 0.893. The SMILES string of the molecule is COc1ccc(C)cc1CC(N)c1cc(Cl)sc1Cl. The molecule has 2 rings (SSSR count). The maximum Gasteiger partial charge on any atom is 0.122 e. The third kappa shape index (κ3) is 3.42. The van der Waals surface area contributed by atoms with E-state index < -0.39 is 0 Å². The molecule has 0 aliphatic carbocycles. The van der Waals surface area contributed by atoms with Crippen molar-refractivity contribution in [2.24, 2.45) is 5.73 Å². The summed E-state index contributed by atoms with van der Waals surface area (Å²) in [6.45, 7) is 2.04. The van der Waals surface area contributed by atoms with Crippen LogP contribution in [0.25, 0.3) is 0 Å². The maximum atomic E-state index is 6.22. The maximum absolute atomic E-state index is 6.22. The number of methoxy groups -OCH3 is 1. The molecule has 0 fully saturated rings. The molecule has 2 nitrogen and oxygen atoms in total. The predicted molar refractivity (Wildman–Crippen MR) is 82.7 cm³/mol. The Morgan fingerprint density at radius 3 is 2.63 bits per heavy atom. The minimum Gasteiger partial charge on any atom is -0.496 e. The summed E-state index contributed by atoms with van der Waals surface area (Å²) >= 11 is 13.4. The third-order valence-corrected chi connectivity index (χ3v) is 4.48. The average molecular weight is 316 g/mol. The van der Waals surface area contributed by atoms with Gasteiger partial charge in [0.05, 0.1) is 15.8 Å². The molecule has 102 valence electrons. The van der Waals surface area contributed by atoms with Crippen LogP contribution in [0, 0.1) is 6.92 Å². The fourth-order valence-electron chi connectivity index (χ4n) is 2.02. The first-order valence-corrected chi connectivity index (χ1v) is 7.42. The van der Waals surface area contributed by atoms with Crippen molar-refractivity contribution < 1.29 is 4.74 Å². The molecule has 1 atom stereocenters. The van der Waals surface area contributed by atoms with Gasteiger partial charge >= 0.3 is 0 Å². The minimum absolute atomic E-state index is 0.188. The molecule has 1 aromatic carbocycles. The fraction of sp³-hybridized carbons (Fsp3) is 0.286. The molecule has 0 saturated carbocycles. The van der Waals surface area contributed by atoms with E-state index in [0.29, 0.717) is 15.1 Å². The second kappa shape index (κ2) is 6.14. The normalized spacial score (nSPS) is 12.5. The smallest absolute Gasteiger partial charge is 0.122 e. The first-order chi connectivity index (χ1) is 9.01. The van der Waals surface area contributed by atoms with Gasteiger partial charge in [0.1, 0.15) is 5.75 Å². The Labute approximate surface area is 127 Å². The monoisotopic (exact) mass is 315 g/mol. The molecule has 0 bridgehead atoms. The average Bonchev–Trinajstić information content (AvgIpc) is 2.69. The largest absolute Gasteiger partial charge is 0.496 e. The number of ether oxygens (including phenoxy) is 1. The summed E-state index contributed by atoms with van der Waals surface area (Å²) in [5.74, 6) is 0.846. The fourth-order valence-corrected chi connectivity index (χ4v) is 3.62. The van der Waals surface area contributed by atoms with Gasteiger partial charge in [0.25, 0.3) is 0 Å². The van der Waals surface area contributed by atoms with Crippen LogP contribution >= 0.6 is 34.5 Å². The Bertz CT molecular complexity index is 583. The van der Waals surface area contributed by atoms with Crippen molar-refractivity contribution in [3.05, 3.63) is 49.6 Å². The highest BCUT2D eigenvalue weighted by Crippen LogP contribution is 2.36. The van der Waals surface area contributed by atoms with E-state index in [1.54, 1.807) is 7.11 Å². The second-order valence-corrected chi connectivity index (χ2v) is 6.69. The summed E-state index contributed by atoms with van der Waals surface area (Å²) in [5, 5.41) is 0. The molecule has 0 radical (unpaired) electrons. The Morgan fingerprint density at radius 2 is 2.05 bits per heavy atom. The van der Waals surface area contributed by atoms with Gasteiger partial charge in [-0.2, -0.15) is 0 Å². The third-order valence-electron chi connectivity index (χ3n) is 2.96. The molecule has 1 unspecified atom stereocenters. The lowest BCUT2D eigenvalue weighted by Gasteiger charge is -2.14. The molecule has 0 saturated heterocycles. The van der Waals surface area contributed by atoms with Crippen molar-refractivity contribution in [3.8, 4) is 5.75 Å². The van der Waals surface area contributed by atoms with Crippen molar-refractivity contribution >= 4 is 34.5 Å². The molecular formula is C14H15Cl2NOS. The summed E-state index contributed by atoms with van der Waals surface area (Å²) in [7, 11) is 1.66. The van der Waals surface area contributed by atoms with E-state index >= 15 is 0 Å². The molecule has 1 heterocycles. The number of hydrogen-bond acceptors (Lipinski definition) is 3. The van der Waals surface area contributed by atoms with Crippen LogP contribution in [0.3, 0.4) is 0 Å². The van der Waals surface area contributed by atoms with Crippen molar-refractivity contribution in [1.82, 2.24) is 0 Å². The molecule has 5 heteroatoms. The molecule has 0 aliphatic rings. The Kier molecular flexibility index (Phi) is 4.74. The molecule has 1 aromatic heterocycles. The Hall–Kier alpha value is -0.740. The number of aryl methyl sites for hydroxylation is 1. The van der Waals surface area contributed by atoms with Crippen molar-refractivity contribution in [2.75, 3.05) is 7.11 Å². The molecule has 19 heavy (non-hydrogen) atoms. The summed E-state index contributed by atoms with van der Waals surface area (Å²) in [6.07, 6.45) is 0.664. The van der Waals surface area contributed by atoms with Crippen LogP contribution in [0.5, 0.6) is 5.75 Å². The van der Waals surface area contributed by atoms with Crippen LogP contribution in [0.4, 0.5) is 0 Å². The van der Waals surface area contributed by atoms with E-state index in [2.05, 4.69) is 6.07 Å². The lowest BCUT2D eigenvalue weighted by molar-refractivity contribution is 0.408. The summed E-state index contributed by atoms with van der Waals surface area (Å²) < 4.78 is 6.68. The molecule has 2 N–H and O–H groups in total. The van der Waals surface area contributed by atoms with E-state index in [1.807, 2.05) is 25.1 Å². The number of nitrogens with two attached hydrogens (primary N) is 1. The van der Waals surface area contributed by atoms with Crippen LogP contribution in [-0.2, 0) is 6.42 Å². The zero-order chi connectivity index (χ0) is 14.0. The van der Waals surface area contributed by atoms with Gasteiger partial charge in [0.2, 0.25) is 0 Å². The van der Waals surface area contributed by atoms with Gasteiger partial charge in [0.15, 0.2) is 0 Å². The summed E-state index contributed by atoms with van der Waals surface area (Å²) in [4.78, 5) is 0. The van der Waals surface area contributed by atoms with E-state index in [0.717, 1.165) is 16.9 Å². The number of rotatable bonds is 4. The zero-order valence-corrected chi connectivity index (χ0v) is 13.1. The molecule has 2 aromatic rings. The number of benzene rings is 1. The van der Waals surface area contributed by atoms with Crippen LogP contribution in [0.1, 0.15) is 22.7 Å². The Balaban J connectivity index is 2.25. The van der Waals surface area contributed by atoms with E-state index in [9.17, 15) is 0 Å². The van der Waals surface area contributed by atoms with Crippen LogP contribution < -0.4 is 10.5 Å². The molecule has 0 aliphatic heterocycles. The highest BCUT2D eigenvalue weighted by atomic mass is 35.5. The van der Waals surface area contributed by atoms with Gasteiger partial charge < -0.3 is 10.5 Å². The lowest BCUT2D eigenvalue weighted by atomic mass is 10.00. The van der Waals surface area contributed by atoms with Gasteiger partial charge in [-0.25, -0.2) is 0 Å². The number of thiophene rings is 1. The van der Waals surface area contributed by atoms with Gasteiger partial charge in [-0.15, -0.1) is 11.3 Å². The van der Waals surface area contributed by atoms with Gasteiger partial charge in [-0.05, 0) is 31.0 Å². The standard InChI is InChI=1S/C14H15Cl2NOS/c1-8-3-4-12(18-2)9(5-8)6-11(17)10-7-13(15)19-14(10)16/h3-5,7,11H,6,17H2,1-2H3. The molecular weight excluding hydrogens is 301 g/mol. The van der Waals surface area contributed by atoms with Gasteiger partial charge in [0, 0.05) is 11.6 Å². The van der Waals surface area contributed by atoms with E-state index in [1.165, 1.54) is 16.9 Å². The Morgan fingerprint density at radius 1 is 1.32 bits per heavy atom. The summed E-state index contributed by atoms with van der Waals surface area (Å²) in [6, 6.07) is 7.70. The second-order valence-electron chi connectivity index (χ2n) is 4.41. The van der Waals surface area contributed by atoms with E-state index in [-0.39, 0.29) is 6.04 Å². The predicted octanol–water partition coefficient (Wildman–Crippen LogP) is 4.61. The van der Waals surface area contributed by atoms with Gasteiger partial charge in [-0.3, -0.25) is 0 Å². The highest BCUT2D eigenvalue weighted by molar-refractivity contribution is 7.20. The molecule has 0 spiro atoms. The summed E-state index contributed by atoms with van der Waals surface area (Å²) in [5.41, 5.74) is 9.37. The number of halogens is 2. The topological polar surface area (TPSA) is 35.2 Å². The number of hydrogen-bond donors (Lipinski definition) is 1. The first kappa shape index (κ1) is 14.7. The van der Waals surface area contributed by atoms with Crippen molar-refractivity contribution in [3.63, 3.8) is 0 Å². The van der Waals surface area contributed by atoms with Crippen molar-refractivity contribution in [1.29, 1.82) is 0 Å². The van der Waals surface area contributed by atoms with Crippen LogP contribution in [0.2, 0.25) is 8.67 Å².